The second kappa shape index (κ2) is 8.73. The molecule has 2 rings (SSSR count). The molecule has 0 unspecified atom stereocenters. The number of rotatable bonds is 5. The van der Waals surface area contributed by atoms with Gasteiger partial charge in [0.2, 0.25) is 5.91 Å². The normalized spacial score (nSPS) is 22.2. The van der Waals surface area contributed by atoms with Crippen molar-refractivity contribution in [2.24, 2.45) is 5.92 Å². The summed E-state index contributed by atoms with van der Waals surface area (Å²) in [5.74, 6) is 0.959. The molecule has 1 amide bonds. The molecular formula is C20H33N3O3. The minimum absolute atomic E-state index is 0.0321. The van der Waals surface area contributed by atoms with Crippen molar-refractivity contribution in [2.75, 3.05) is 52.8 Å². The summed E-state index contributed by atoms with van der Waals surface area (Å²) in [6.07, 6.45) is 0.246. The number of aliphatic hydroxyl groups is 1. The maximum Gasteiger partial charge on any atom is 0.227 e. The van der Waals surface area contributed by atoms with Crippen molar-refractivity contribution < 1.29 is 14.6 Å². The summed E-state index contributed by atoms with van der Waals surface area (Å²) in [7, 11) is 8.02. The number of aliphatic hydroxyl groups excluding tert-OH is 1. The van der Waals surface area contributed by atoms with Crippen molar-refractivity contribution in [1.82, 2.24) is 9.80 Å². The quantitative estimate of drug-likeness (QED) is 0.858. The van der Waals surface area contributed by atoms with Crippen LogP contribution in [0.15, 0.2) is 18.2 Å². The lowest BCUT2D eigenvalue weighted by Crippen LogP contribution is -2.47. The molecule has 6 heteroatoms. The third-order valence-corrected chi connectivity index (χ3v) is 4.96. The first-order chi connectivity index (χ1) is 12.2. The van der Waals surface area contributed by atoms with E-state index in [2.05, 4.69) is 11.8 Å². The van der Waals surface area contributed by atoms with Crippen LogP contribution in [0.1, 0.15) is 19.4 Å². The Morgan fingerprint density at radius 3 is 2.58 bits per heavy atom. The van der Waals surface area contributed by atoms with Crippen molar-refractivity contribution in [2.45, 2.75) is 32.4 Å². The lowest BCUT2D eigenvalue weighted by Gasteiger charge is -2.33. The molecule has 1 heterocycles. The zero-order valence-corrected chi connectivity index (χ0v) is 16.9. The number of hydrogen-bond acceptors (Lipinski definition) is 5. The lowest BCUT2D eigenvalue weighted by atomic mass is 10.0. The standard InChI is InChI=1S/C20H33N3O3/c1-14-11-23(15(2)13-24)20(25)10-16-9-17(22(5)6)7-8-18(16)26-19(14)12-21(3)4/h7-9,14-15,19,24H,10-13H2,1-6H3/t14-,15+,19+/m0/s1. The van der Waals surface area contributed by atoms with Gasteiger partial charge in [0.05, 0.1) is 19.1 Å². The Hall–Kier alpha value is -1.79. The largest absolute Gasteiger partial charge is 0.488 e. The molecule has 1 aromatic rings. The molecule has 0 fully saturated rings. The molecule has 0 bridgehead atoms. The average Bonchev–Trinajstić information content (AvgIpc) is 2.62. The molecule has 0 saturated heterocycles. The van der Waals surface area contributed by atoms with Gasteiger partial charge in [0.1, 0.15) is 11.9 Å². The monoisotopic (exact) mass is 363 g/mol. The van der Waals surface area contributed by atoms with Crippen LogP contribution >= 0.6 is 0 Å². The van der Waals surface area contributed by atoms with E-state index in [-0.39, 0.29) is 37.0 Å². The van der Waals surface area contributed by atoms with Crippen molar-refractivity contribution in [1.29, 1.82) is 0 Å². The predicted molar refractivity (Wildman–Crippen MR) is 105 cm³/mol. The Balaban J connectivity index is 2.45. The Morgan fingerprint density at radius 2 is 2.00 bits per heavy atom. The van der Waals surface area contributed by atoms with E-state index >= 15 is 0 Å². The van der Waals surface area contributed by atoms with Gasteiger partial charge in [-0.2, -0.15) is 0 Å². The molecule has 0 aromatic heterocycles. The number of fused-ring (bicyclic) bond motifs is 1. The van der Waals surface area contributed by atoms with Gasteiger partial charge in [-0.25, -0.2) is 0 Å². The summed E-state index contributed by atoms with van der Waals surface area (Å²) in [5, 5.41) is 9.61. The lowest BCUT2D eigenvalue weighted by molar-refractivity contribution is -0.134. The summed E-state index contributed by atoms with van der Waals surface area (Å²) in [6.45, 7) is 5.31. The fraction of sp³-hybridized carbons (Fsp3) is 0.650. The number of hydrogen-bond donors (Lipinski definition) is 1. The van der Waals surface area contributed by atoms with Crippen LogP contribution in [0, 0.1) is 5.92 Å². The SMILES string of the molecule is C[C@H](CO)N1C[C@H](C)[C@@H](CN(C)C)Oc2ccc(N(C)C)cc2CC1=O. The molecule has 1 aromatic carbocycles. The molecule has 6 nitrogen and oxygen atoms in total. The van der Waals surface area contributed by atoms with Crippen LogP contribution in [0.25, 0.3) is 0 Å². The smallest absolute Gasteiger partial charge is 0.227 e. The highest BCUT2D eigenvalue weighted by molar-refractivity contribution is 5.80. The van der Waals surface area contributed by atoms with E-state index in [1.807, 2.05) is 58.2 Å². The topological polar surface area (TPSA) is 56.2 Å². The van der Waals surface area contributed by atoms with Crippen LogP contribution in [0.3, 0.4) is 0 Å². The van der Waals surface area contributed by atoms with Gasteiger partial charge in [-0.15, -0.1) is 0 Å². The van der Waals surface area contributed by atoms with Gasteiger partial charge in [-0.1, -0.05) is 6.92 Å². The van der Waals surface area contributed by atoms with Crippen LogP contribution in [-0.2, 0) is 11.2 Å². The Bertz CT molecular complexity index is 618. The highest BCUT2D eigenvalue weighted by Crippen LogP contribution is 2.29. The summed E-state index contributed by atoms with van der Waals surface area (Å²) in [4.78, 5) is 18.9. The zero-order valence-electron chi connectivity index (χ0n) is 16.9. The number of amides is 1. The molecule has 146 valence electrons. The molecule has 1 aliphatic rings. The highest BCUT2D eigenvalue weighted by Gasteiger charge is 2.30. The first-order valence-electron chi connectivity index (χ1n) is 9.24. The highest BCUT2D eigenvalue weighted by atomic mass is 16.5. The first-order valence-corrected chi connectivity index (χ1v) is 9.24. The van der Waals surface area contributed by atoms with E-state index in [0.717, 1.165) is 23.5 Å². The van der Waals surface area contributed by atoms with Crippen molar-refractivity contribution in [3.8, 4) is 5.75 Å². The molecule has 3 atom stereocenters. The maximum atomic E-state index is 13.0. The molecule has 0 saturated carbocycles. The summed E-state index contributed by atoms with van der Waals surface area (Å²) < 4.78 is 6.38. The third-order valence-electron chi connectivity index (χ3n) is 4.96. The summed E-state index contributed by atoms with van der Waals surface area (Å²) in [5.41, 5.74) is 1.94. The second-order valence-corrected chi connectivity index (χ2v) is 7.84. The van der Waals surface area contributed by atoms with E-state index in [1.54, 1.807) is 4.90 Å². The molecule has 0 spiro atoms. The molecular weight excluding hydrogens is 330 g/mol. The molecule has 0 aliphatic carbocycles. The van der Waals surface area contributed by atoms with Crippen LogP contribution in [0.4, 0.5) is 5.69 Å². The first kappa shape index (κ1) is 20.5. The molecule has 26 heavy (non-hydrogen) atoms. The molecule has 1 N–H and O–H groups in total. The maximum absolute atomic E-state index is 13.0. The summed E-state index contributed by atoms with van der Waals surface area (Å²) >= 11 is 0. The minimum atomic E-state index is -0.205. The second-order valence-electron chi connectivity index (χ2n) is 7.84. The van der Waals surface area contributed by atoms with Gasteiger partial charge in [-0.05, 0) is 39.2 Å². The van der Waals surface area contributed by atoms with E-state index < -0.39 is 0 Å². The summed E-state index contributed by atoms with van der Waals surface area (Å²) in [6, 6.07) is 5.81. The van der Waals surface area contributed by atoms with Gasteiger partial charge < -0.3 is 24.5 Å². The number of ether oxygens (including phenoxy) is 1. The van der Waals surface area contributed by atoms with Crippen molar-refractivity contribution in [3.05, 3.63) is 23.8 Å². The van der Waals surface area contributed by atoms with E-state index in [9.17, 15) is 9.90 Å². The van der Waals surface area contributed by atoms with Crippen LogP contribution in [0.5, 0.6) is 5.75 Å². The van der Waals surface area contributed by atoms with Crippen LogP contribution in [-0.4, -0.2) is 80.8 Å². The van der Waals surface area contributed by atoms with Crippen LogP contribution in [0.2, 0.25) is 0 Å². The minimum Gasteiger partial charge on any atom is -0.488 e. The van der Waals surface area contributed by atoms with E-state index in [1.165, 1.54) is 0 Å². The average molecular weight is 364 g/mol. The van der Waals surface area contributed by atoms with E-state index in [4.69, 9.17) is 4.74 Å². The van der Waals surface area contributed by atoms with E-state index in [0.29, 0.717) is 6.54 Å². The Kier molecular flexibility index (Phi) is 6.89. The van der Waals surface area contributed by atoms with Crippen molar-refractivity contribution >= 4 is 11.6 Å². The Morgan fingerprint density at radius 1 is 1.31 bits per heavy atom. The van der Waals surface area contributed by atoms with Crippen molar-refractivity contribution in [3.63, 3.8) is 0 Å². The number of carbonyl (C=O) groups is 1. The molecule has 1 aliphatic heterocycles. The predicted octanol–water partition coefficient (Wildman–Crippen LogP) is 1.46. The number of likely N-dealkylation sites (N-methyl/N-ethyl adjacent to an activating group) is 1. The zero-order chi connectivity index (χ0) is 19.4. The fourth-order valence-corrected chi connectivity index (χ4v) is 3.27. The van der Waals surface area contributed by atoms with Gasteiger partial charge >= 0.3 is 0 Å². The Labute approximate surface area is 157 Å². The number of nitrogens with zero attached hydrogens (tertiary/aromatic N) is 3. The van der Waals surface area contributed by atoms with Gasteiger partial charge in [0.25, 0.3) is 0 Å². The number of carbonyl (C=O) groups excluding carboxylic acids is 1. The van der Waals surface area contributed by atoms with Crippen LogP contribution < -0.4 is 9.64 Å². The van der Waals surface area contributed by atoms with Gasteiger partial charge in [0, 0.05) is 44.4 Å². The fourth-order valence-electron chi connectivity index (χ4n) is 3.27. The number of anilines is 1. The number of benzene rings is 1. The van der Waals surface area contributed by atoms with Gasteiger partial charge in [-0.3, -0.25) is 4.79 Å². The van der Waals surface area contributed by atoms with Gasteiger partial charge in [0.15, 0.2) is 0 Å². The molecule has 0 radical (unpaired) electrons. The third kappa shape index (κ3) is 4.89.